The maximum Gasteiger partial charge on any atom is 0.197 e. The van der Waals surface area contributed by atoms with Gasteiger partial charge in [0.05, 0.1) is 42.3 Å². The Morgan fingerprint density at radius 2 is 0.773 bits per heavy atom. The minimum atomic E-state index is -0.161. The highest BCUT2D eigenvalue weighted by Crippen LogP contribution is 2.34. The van der Waals surface area contributed by atoms with Gasteiger partial charge in [-0.2, -0.15) is 0 Å². The van der Waals surface area contributed by atoms with Crippen molar-refractivity contribution in [3.63, 3.8) is 0 Å². The molecule has 0 unspecified atom stereocenters. The van der Waals surface area contributed by atoms with Gasteiger partial charge in [0.25, 0.3) is 0 Å². The average Bonchev–Trinajstić information content (AvgIpc) is 3.76. The Morgan fingerprint density at radius 3 is 1.05 bits per heavy atom. The Morgan fingerprint density at radius 1 is 0.500 bits per heavy atom. The van der Waals surface area contributed by atoms with E-state index in [0.717, 1.165) is 11.1 Å². The molecule has 0 amide bonds. The number of hydrogen-bond donors (Lipinski definition) is 0. The molecule has 0 spiro atoms. The molecule has 0 aliphatic rings. The van der Waals surface area contributed by atoms with Gasteiger partial charge in [-0.25, -0.2) is 19.9 Å². The lowest BCUT2D eigenvalue weighted by molar-refractivity contribution is 0.101. The predicted molar refractivity (Wildman–Crippen MR) is 179 cm³/mol. The molecule has 0 saturated carbocycles. The second kappa shape index (κ2) is 12.9. The summed E-state index contributed by atoms with van der Waals surface area (Å²) in [5, 5.41) is 2.51. The number of aryl methyl sites for hydroxylation is 4. The summed E-state index contributed by atoms with van der Waals surface area (Å²) in [6.07, 6.45) is 6.50. The Hall–Kier alpha value is -4.10. The third-order valence-corrected chi connectivity index (χ3v) is 11.6. The second-order valence-corrected chi connectivity index (χ2v) is 13.9. The average molecular weight is 659 g/mol. The molecular formula is C32H26N4O4S4. The summed E-state index contributed by atoms with van der Waals surface area (Å²) in [6.45, 7) is 10.2. The molecule has 0 radical (unpaired) electrons. The standard InChI is InChI=1S/C32H26N4O4S4/c1-15-25(19(5)37)41-29(33-15)31-35-17(3)27(43-31)23(39)13-11-21-7-9-22(10-8-21)12-14-24(40)28-18(4)36-32(44-28)30-34-16(2)26(42-30)20(6)38/h7-14H,1-6H3/b13-11-,14-12+. The number of benzene rings is 1. The maximum absolute atomic E-state index is 13.0. The van der Waals surface area contributed by atoms with E-state index in [1.165, 1.54) is 71.3 Å². The van der Waals surface area contributed by atoms with Gasteiger partial charge < -0.3 is 0 Å². The first kappa shape index (κ1) is 31.3. The van der Waals surface area contributed by atoms with Crippen molar-refractivity contribution < 1.29 is 19.2 Å². The molecule has 0 atom stereocenters. The van der Waals surface area contributed by atoms with Crippen LogP contribution < -0.4 is 0 Å². The Labute approximate surface area is 269 Å². The zero-order valence-electron chi connectivity index (χ0n) is 24.7. The molecule has 0 fully saturated rings. The molecule has 0 bridgehead atoms. The van der Waals surface area contributed by atoms with Crippen LogP contribution in [-0.4, -0.2) is 43.1 Å². The quantitative estimate of drug-likeness (QED) is 0.109. The lowest BCUT2D eigenvalue weighted by Gasteiger charge is -1.97. The van der Waals surface area contributed by atoms with Crippen LogP contribution in [0, 0.1) is 27.7 Å². The van der Waals surface area contributed by atoms with Crippen LogP contribution >= 0.6 is 45.3 Å². The van der Waals surface area contributed by atoms with Crippen LogP contribution in [0.1, 0.15) is 86.4 Å². The number of hydrogen-bond acceptors (Lipinski definition) is 12. The zero-order chi connectivity index (χ0) is 31.7. The topological polar surface area (TPSA) is 120 Å². The summed E-state index contributed by atoms with van der Waals surface area (Å²) in [5.41, 5.74) is 4.23. The highest BCUT2D eigenvalue weighted by atomic mass is 32.1. The van der Waals surface area contributed by atoms with Crippen LogP contribution in [0.15, 0.2) is 36.4 Å². The number of thiazole rings is 4. The SMILES string of the molecule is CC(=O)c1sc(-c2nc(C)c(C(=O)/C=C\c3ccc(/C=C/C(=O)c4sc(-c5nc(C)c(C(C)=O)s5)nc4C)cc3)s2)nc1C. The Bertz CT molecular complexity index is 1860. The van der Waals surface area contributed by atoms with E-state index in [0.29, 0.717) is 62.3 Å². The number of Topliss-reactive ketones (excluding diaryl/α,β-unsaturated/α-hetero) is 2. The van der Waals surface area contributed by atoms with Gasteiger partial charge in [-0.15, -0.1) is 45.3 Å². The number of carbonyl (C=O) groups is 4. The third-order valence-electron chi connectivity index (χ3n) is 6.43. The lowest BCUT2D eigenvalue weighted by Crippen LogP contribution is -1.93. The van der Waals surface area contributed by atoms with Crippen molar-refractivity contribution in [3.8, 4) is 20.0 Å². The minimum Gasteiger partial charge on any atom is -0.294 e. The molecule has 5 aromatic rings. The molecule has 5 rings (SSSR count). The van der Waals surface area contributed by atoms with Crippen molar-refractivity contribution in [2.45, 2.75) is 41.5 Å². The fourth-order valence-corrected chi connectivity index (χ4v) is 8.21. The van der Waals surface area contributed by atoms with E-state index in [9.17, 15) is 19.2 Å². The fraction of sp³-hybridized carbons (Fsp3) is 0.188. The molecule has 44 heavy (non-hydrogen) atoms. The number of rotatable bonds is 10. The van der Waals surface area contributed by atoms with Crippen LogP contribution in [0.4, 0.5) is 0 Å². The maximum atomic E-state index is 13.0. The molecule has 0 aliphatic heterocycles. The minimum absolute atomic E-state index is 0.0380. The number of ketones is 4. The van der Waals surface area contributed by atoms with Crippen molar-refractivity contribution in [2.24, 2.45) is 0 Å². The molecular weight excluding hydrogens is 633 g/mol. The summed E-state index contributed by atoms with van der Waals surface area (Å²) in [5.74, 6) is -0.399. The third kappa shape index (κ3) is 6.68. The van der Waals surface area contributed by atoms with Gasteiger partial charge in [0.1, 0.15) is 0 Å². The molecule has 4 heterocycles. The van der Waals surface area contributed by atoms with Gasteiger partial charge in [-0.1, -0.05) is 36.4 Å². The summed E-state index contributed by atoms with van der Waals surface area (Å²) < 4.78 is 0. The number of carbonyl (C=O) groups excluding carboxylic acids is 4. The summed E-state index contributed by atoms with van der Waals surface area (Å²) in [6, 6.07) is 7.48. The van der Waals surface area contributed by atoms with Crippen LogP contribution in [0.5, 0.6) is 0 Å². The van der Waals surface area contributed by atoms with Crippen LogP contribution in [0.3, 0.4) is 0 Å². The molecule has 222 valence electrons. The van der Waals surface area contributed by atoms with Gasteiger partial charge >= 0.3 is 0 Å². The number of aromatic nitrogens is 4. The largest absolute Gasteiger partial charge is 0.294 e. The molecule has 8 nitrogen and oxygen atoms in total. The van der Waals surface area contributed by atoms with E-state index in [-0.39, 0.29) is 23.1 Å². The van der Waals surface area contributed by atoms with Crippen LogP contribution in [-0.2, 0) is 0 Å². The first-order valence-corrected chi connectivity index (χ1v) is 16.6. The van der Waals surface area contributed by atoms with Gasteiger partial charge in [-0.3, -0.25) is 19.2 Å². The van der Waals surface area contributed by atoms with Crippen molar-refractivity contribution in [2.75, 3.05) is 0 Å². The smallest absolute Gasteiger partial charge is 0.197 e. The van der Waals surface area contributed by atoms with E-state index in [2.05, 4.69) is 19.9 Å². The van der Waals surface area contributed by atoms with Gasteiger partial charge in [0, 0.05) is 13.8 Å². The first-order valence-electron chi connectivity index (χ1n) is 13.4. The Balaban J connectivity index is 1.24. The zero-order valence-corrected chi connectivity index (χ0v) is 27.9. The predicted octanol–water partition coefficient (Wildman–Crippen LogP) is 8.28. The first-order chi connectivity index (χ1) is 20.9. The Kier molecular flexibility index (Phi) is 9.16. The molecule has 0 N–H and O–H groups in total. The van der Waals surface area contributed by atoms with E-state index in [1.54, 1.807) is 39.8 Å². The molecule has 1 aromatic carbocycles. The van der Waals surface area contributed by atoms with Crippen molar-refractivity contribution in [3.05, 3.63) is 89.8 Å². The van der Waals surface area contributed by atoms with Crippen LogP contribution in [0.2, 0.25) is 0 Å². The van der Waals surface area contributed by atoms with E-state index < -0.39 is 0 Å². The highest BCUT2D eigenvalue weighted by molar-refractivity contribution is 7.24. The van der Waals surface area contributed by atoms with Crippen LogP contribution in [0.25, 0.3) is 32.2 Å². The van der Waals surface area contributed by atoms with E-state index >= 15 is 0 Å². The van der Waals surface area contributed by atoms with Gasteiger partial charge in [0.2, 0.25) is 0 Å². The molecule has 0 aliphatic carbocycles. The van der Waals surface area contributed by atoms with Gasteiger partial charge in [-0.05, 0) is 51.0 Å². The van der Waals surface area contributed by atoms with Gasteiger partial charge in [0.15, 0.2) is 43.2 Å². The summed E-state index contributed by atoms with van der Waals surface area (Å²) >= 11 is 5.11. The second-order valence-electron chi connectivity index (χ2n) is 9.91. The lowest BCUT2D eigenvalue weighted by atomic mass is 10.1. The normalized spacial score (nSPS) is 11.6. The summed E-state index contributed by atoms with van der Waals surface area (Å²) in [4.78, 5) is 69.7. The van der Waals surface area contributed by atoms with Crippen molar-refractivity contribution in [1.29, 1.82) is 0 Å². The summed E-state index contributed by atoms with van der Waals surface area (Å²) in [7, 11) is 0. The monoisotopic (exact) mass is 658 g/mol. The molecule has 12 heteroatoms. The van der Waals surface area contributed by atoms with E-state index in [4.69, 9.17) is 0 Å². The number of nitrogens with zero attached hydrogens (tertiary/aromatic N) is 4. The number of allylic oxidation sites excluding steroid dienone is 2. The highest BCUT2D eigenvalue weighted by Gasteiger charge is 2.20. The fourth-order valence-electron chi connectivity index (χ4n) is 4.28. The molecule has 4 aromatic heterocycles. The van der Waals surface area contributed by atoms with Crippen molar-refractivity contribution >= 4 is 80.6 Å². The van der Waals surface area contributed by atoms with Crippen molar-refractivity contribution in [1.82, 2.24) is 19.9 Å². The van der Waals surface area contributed by atoms with E-state index in [1.807, 2.05) is 24.3 Å². The molecule has 0 saturated heterocycles.